The first kappa shape index (κ1) is 19.2. The highest BCUT2D eigenvalue weighted by atomic mass is 16.5. The molecule has 0 bridgehead atoms. The summed E-state index contributed by atoms with van der Waals surface area (Å²) >= 11 is 0. The van der Waals surface area contributed by atoms with Gasteiger partial charge in [0.05, 0.1) is 19.4 Å². The van der Waals surface area contributed by atoms with Crippen LogP contribution >= 0.6 is 0 Å². The Morgan fingerprint density at radius 2 is 1.89 bits per heavy atom. The summed E-state index contributed by atoms with van der Waals surface area (Å²) in [5.74, 6) is 1.64. The van der Waals surface area contributed by atoms with Crippen LogP contribution in [0.25, 0.3) is 11.3 Å². The fourth-order valence-corrected chi connectivity index (χ4v) is 2.47. The molecular weight excluding hydrogens is 356 g/mol. The highest BCUT2D eigenvalue weighted by Crippen LogP contribution is 2.19. The summed E-state index contributed by atoms with van der Waals surface area (Å²) in [6.45, 7) is 2.85. The zero-order valence-electron chi connectivity index (χ0n) is 15.7. The van der Waals surface area contributed by atoms with Crippen LogP contribution in [-0.4, -0.2) is 40.4 Å². The average Bonchev–Trinajstić information content (AvgIpc) is 2.75. The molecule has 3 rings (SSSR count). The molecule has 142 valence electrons. The first-order valence-corrected chi connectivity index (χ1v) is 8.69. The highest BCUT2D eigenvalue weighted by molar-refractivity contribution is 5.56. The number of ether oxygens (including phenoxy) is 2. The number of rotatable bonds is 8. The van der Waals surface area contributed by atoms with E-state index in [1.165, 1.54) is 0 Å². The van der Waals surface area contributed by atoms with Gasteiger partial charge in [0.15, 0.2) is 0 Å². The molecule has 0 fully saturated rings. The van der Waals surface area contributed by atoms with Gasteiger partial charge in [0.2, 0.25) is 5.82 Å². The lowest BCUT2D eigenvalue weighted by Gasteiger charge is -2.10. The molecule has 3 heterocycles. The van der Waals surface area contributed by atoms with Gasteiger partial charge in [-0.3, -0.25) is 4.98 Å². The van der Waals surface area contributed by atoms with Gasteiger partial charge in [-0.1, -0.05) is 6.07 Å². The van der Waals surface area contributed by atoms with Crippen LogP contribution in [0.2, 0.25) is 0 Å². The quantitative estimate of drug-likeness (QED) is 0.472. The third-order valence-corrected chi connectivity index (χ3v) is 4.04. The van der Waals surface area contributed by atoms with Gasteiger partial charge in [-0.25, -0.2) is 15.0 Å². The fraction of sp³-hybridized carbons (Fsp3) is 0.250. The minimum absolute atomic E-state index is 0.144. The Balaban J connectivity index is 1.44. The number of aromatic nitrogens is 4. The Hall–Kier alpha value is -3.57. The predicted molar refractivity (Wildman–Crippen MR) is 104 cm³/mol. The van der Waals surface area contributed by atoms with Gasteiger partial charge in [0.1, 0.15) is 24.4 Å². The van der Waals surface area contributed by atoms with Crippen molar-refractivity contribution in [2.45, 2.75) is 13.3 Å². The highest BCUT2D eigenvalue weighted by Gasteiger charge is 2.03. The van der Waals surface area contributed by atoms with Crippen LogP contribution in [0, 0.1) is 18.3 Å². The van der Waals surface area contributed by atoms with Crippen molar-refractivity contribution in [3.8, 4) is 23.1 Å². The van der Waals surface area contributed by atoms with E-state index in [2.05, 4.69) is 25.3 Å². The molecule has 3 aromatic heterocycles. The fourth-order valence-electron chi connectivity index (χ4n) is 2.47. The Morgan fingerprint density at radius 3 is 2.57 bits per heavy atom. The normalized spacial score (nSPS) is 10.3. The molecule has 3 aromatic rings. The molecule has 0 saturated heterocycles. The lowest BCUT2D eigenvalue weighted by molar-refractivity contribution is 0.155. The number of pyridine rings is 2. The van der Waals surface area contributed by atoms with Crippen molar-refractivity contribution in [2.24, 2.45) is 0 Å². The summed E-state index contributed by atoms with van der Waals surface area (Å²) in [6, 6.07) is 7.63. The van der Waals surface area contributed by atoms with Gasteiger partial charge in [-0.05, 0) is 25.0 Å². The van der Waals surface area contributed by atoms with E-state index in [-0.39, 0.29) is 5.82 Å². The van der Waals surface area contributed by atoms with Gasteiger partial charge in [-0.15, -0.1) is 0 Å². The molecule has 0 radical (unpaired) electrons. The van der Waals surface area contributed by atoms with E-state index < -0.39 is 0 Å². The number of hydrogen-bond donors (Lipinski definition) is 1. The van der Waals surface area contributed by atoms with Crippen molar-refractivity contribution < 1.29 is 9.47 Å². The lowest BCUT2D eigenvalue weighted by atomic mass is 10.1. The minimum atomic E-state index is 0.144. The van der Waals surface area contributed by atoms with Gasteiger partial charge in [-0.2, -0.15) is 5.26 Å². The maximum absolute atomic E-state index is 8.74. The molecular formula is C20H20N6O2. The molecule has 0 aliphatic heterocycles. The van der Waals surface area contributed by atoms with Crippen molar-refractivity contribution in [1.82, 2.24) is 19.9 Å². The van der Waals surface area contributed by atoms with E-state index in [9.17, 15) is 0 Å². The van der Waals surface area contributed by atoms with E-state index in [0.717, 1.165) is 34.6 Å². The summed E-state index contributed by atoms with van der Waals surface area (Å²) in [5.41, 5.74) is 3.58. The van der Waals surface area contributed by atoms with Crippen LogP contribution in [0.4, 0.5) is 5.82 Å². The number of nitriles is 1. The molecule has 1 N–H and O–H groups in total. The van der Waals surface area contributed by atoms with Crippen molar-refractivity contribution in [3.05, 3.63) is 59.9 Å². The molecule has 0 aromatic carbocycles. The van der Waals surface area contributed by atoms with Crippen LogP contribution in [0.1, 0.15) is 17.0 Å². The summed E-state index contributed by atoms with van der Waals surface area (Å²) in [6.07, 6.45) is 7.49. The topological polar surface area (TPSA) is 106 Å². The van der Waals surface area contributed by atoms with Crippen LogP contribution in [0.15, 0.2) is 43.0 Å². The number of methoxy groups -OCH3 is 1. The summed E-state index contributed by atoms with van der Waals surface area (Å²) in [5, 5.41) is 11.8. The third-order valence-electron chi connectivity index (χ3n) is 4.04. The Morgan fingerprint density at radius 1 is 1.07 bits per heavy atom. The summed E-state index contributed by atoms with van der Waals surface area (Å²) in [7, 11) is 1.64. The molecule has 0 aliphatic carbocycles. The average molecular weight is 376 g/mol. The number of nitrogens with one attached hydrogen (secondary N) is 1. The molecule has 0 spiro atoms. The Bertz CT molecular complexity index is 952. The number of aryl methyl sites for hydroxylation is 1. The first-order valence-electron chi connectivity index (χ1n) is 8.69. The monoisotopic (exact) mass is 376 g/mol. The molecule has 28 heavy (non-hydrogen) atoms. The van der Waals surface area contributed by atoms with Crippen LogP contribution in [0.3, 0.4) is 0 Å². The van der Waals surface area contributed by atoms with Crippen molar-refractivity contribution in [1.29, 1.82) is 5.26 Å². The maximum atomic E-state index is 8.74. The minimum Gasteiger partial charge on any atom is -0.496 e. The molecule has 0 atom stereocenters. The van der Waals surface area contributed by atoms with Gasteiger partial charge in [0.25, 0.3) is 0 Å². The number of hydrogen-bond acceptors (Lipinski definition) is 8. The second kappa shape index (κ2) is 9.39. The van der Waals surface area contributed by atoms with Crippen molar-refractivity contribution in [2.75, 3.05) is 25.8 Å². The van der Waals surface area contributed by atoms with Crippen molar-refractivity contribution >= 4 is 5.82 Å². The first-order chi connectivity index (χ1) is 13.7. The number of nitrogens with zero attached hydrogens (tertiary/aromatic N) is 5. The second-order valence-electron chi connectivity index (χ2n) is 5.98. The van der Waals surface area contributed by atoms with E-state index >= 15 is 0 Å². The predicted octanol–water partition coefficient (Wildman–Crippen LogP) is 2.75. The van der Waals surface area contributed by atoms with Gasteiger partial charge in [0, 0.05) is 42.0 Å². The van der Waals surface area contributed by atoms with E-state index in [4.69, 9.17) is 14.7 Å². The molecule has 0 aliphatic rings. The summed E-state index contributed by atoms with van der Waals surface area (Å²) in [4.78, 5) is 16.6. The molecule has 0 amide bonds. The maximum Gasteiger partial charge on any atom is 0.232 e. The Labute approximate surface area is 163 Å². The standard InChI is InChI=1S/C20H20N6O2/c1-14-9-23-19(7-18(14)27-2)26-13-28-6-5-15-3-4-17(22-10-15)16-11-24-20(8-21)25-12-16/h3-4,7,9-12H,5-6,13H2,1-2H3,(H,23,26). The summed E-state index contributed by atoms with van der Waals surface area (Å²) < 4.78 is 10.9. The SMILES string of the molecule is COc1cc(NCOCCc2ccc(-c3cnc(C#N)nc3)nc2)ncc1C. The Kier molecular flexibility index (Phi) is 6.44. The molecule has 8 nitrogen and oxygen atoms in total. The second-order valence-corrected chi connectivity index (χ2v) is 5.98. The zero-order chi connectivity index (χ0) is 19.8. The largest absolute Gasteiger partial charge is 0.496 e. The van der Waals surface area contributed by atoms with Gasteiger partial charge >= 0.3 is 0 Å². The van der Waals surface area contributed by atoms with Gasteiger partial charge < -0.3 is 14.8 Å². The third kappa shape index (κ3) is 4.99. The smallest absolute Gasteiger partial charge is 0.232 e. The van der Waals surface area contributed by atoms with Crippen LogP contribution in [0.5, 0.6) is 5.75 Å². The van der Waals surface area contributed by atoms with Crippen molar-refractivity contribution in [3.63, 3.8) is 0 Å². The zero-order valence-corrected chi connectivity index (χ0v) is 15.7. The van der Waals surface area contributed by atoms with Crippen LogP contribution in [-0.2, 0) is 11.2 Å². The number of anilines is 1. The van der Waals surface area contributed by atoms with Crippen LogP contribution < -0.4 is 10.1 Å². The molecule has 0 unspecified atom stereocenters. The van der Waals surface area contributed by atoms with E-state index in [1.54, 1.807) is 31.9 Å². The molecule has 0 saturated carbocycles. The molecule has 8 heteroatoms. The lowest BCUT2D eigenvalue weighted by Crippen LogP contribution is -2.10. The van der Waals surface area contributed by atoms with E-state index in [1.807, 2.05) is 31.2 Å². The van der Waals surface area contributed by atoms with E-state index in [0.29, 0.717) is 19.2 Å².